The standard InChI is InChI=1S/C36H23N5.C36H25N5.C30H19N5/c1-2-12-32-29(11-1)35-36(41-21-4-3-15-33(41)40-35)34(39-32)27-9-5-8-26(22-27)24-16-18-25(19-17-24)30-13-6-14-31(38-30)28-10-7-20-37-23-28;1-2-26(29-19-11-20-32(38-29)31-18-5-7-22-37-31)14-9-12-25-13-10-15-27(24-25)34-36-35(28-16-3-4-17-30(28)39-34)40-33-21-6-8-23-41(33)36;1-2-10-26-23(9-1)29-30(35-18-4-3-13-27(35)34-29)28(33-26)22-8-5-7-21(19-22)25-12-6-11-24(32-25)20-14-16-31-17-15-20/h1-23H;2-24H,1H2;1-19H/b;12-9+,26-14+;. The summed E-state index contributed by atoms with van der Waals surface area (Å²) in [5.41, 5.74) is 31.9. The van der Waals surface area contributed by atoms with E-state index in [1.54, 1.807) is 24.8 Å². The van der Waals surface area contributed by atoms with E-state index in [9.17, 15) is 0 Å². The maximum absolute atomic E-state index is 5.14. The van der Waals surface area contributed by atoms with Crippen molar-refractivity contribution in [2.45, 2.75) is 0 Å². The van der Waals surface area contributed by atoms with Gasteiger partial charge in [-0.2, -0.15) is 0 Å². The molecule has 0 radical (unpaired) electrons. The highest BCUT2D eigenvalue weighted by Crippen LogP contribution is 2.39. The van der Waals surface area contributed by atoms with Gasteiger partial charge in [-0.15, -0.1) is 0 Å². The van der Waals surface area contributed by atoms with Gasteiger partial charge in [0.2, 0.25) is 0 Å². The molecule has 0 saturated carbocycles. The smallest absolute Gasteiger partial charge is 0.137 e. The van der Waals surface area contributed by atoms with Crippen molar-refractivity contribution in [1.82, 2.24) is 73.0 Å². The lowest BCUT2D eigenvalue weighted by atomic mass is 9.99. The highest BCUT2D eigenvalue weighted by molar-refractivity contribution is 6.12. The third kappa shape index (κ3) is 13.7. The Bertz CT molecular complexity index is 7600. The quantitative estimate of drug-likeness (QED) is 0.100. The number of pyridine rings is 12. The number of aromatic nitrogens is 15. The van der Waals surface area contributed by atoms with Gasteiger partial charge in [-0.25, -0.2) is 44.9 Å². The molecule has 22 aromatic rings. The third-order valence-corrected chi connectivity index (χ3v) is 20.9. The second-order valence-corrected chi connectivity index (χ2v) is 28.1. The predicted octanol–water partition coefficient (Wildman–Crippen LogP) is 23.8. The Balaban J connectivity index is 0.000000113. The maximum atomic E-state index is 5.14. The second kappa shape index (κ2) is 30.8. The molecule has 0 N–H and O–H groups in total. The van der Waals surface area contributed by atoms with Crippen LogP contribution in [0.2, 0.25) is 0 Å². The van der Waals surface area contributed by atoms with Gasteiger partial charge in [0.05, 0.1) is 90.0 Å². The molecule has 0 fully saturated rings. The fraction of sp³-hybridized carbons (Fsp3) is 0. The van der Waals surface area contributed by atoms with Crippen LogP contribution in [-0.2, 0) is 0 Å². The van der Waals surface area contributed by atoms with Gasteiger partial charge in [0.25, 0.3) is 0 Å². The van der Waals surface area contributed by atoms with Crippen LogP contribution in [0.1, 0.15) is 11.3 Å². The Morgan fingerprint density at radius 2 is 0.718 bits per heavy atom. The van der Waals surface area contributed by atoms with E-state index in [-0.39, 0.29) is 0 Å². The molecule has 7 aromatic carbocycles. The van der Waals surface area contributed by atoms with Crippen molar-refractivity contribution in [3.63, 3.8) is 0 Å². The normalized spacial score (nSPS) is 11.6. The van der Waals surface area contributed by atoms with Gasteiger partial charge in [0, 0.05) is 105 Å². The summed E-state index contributed by atoms with van der Waals surface area (Å²) in [6, 6.07) is 109. The van der Waals surface area contributed by atoms with Crippen molar-refractivity contribution in [2.24, 2.45) is 0 Å². The lowest BCUT2D eigenvalue weighted by Crippen LogP contribution is -1.93. The average molecular weight is 1500 g/mol. The summed E-state index contributed by atoms with van der Waals surface area (Å²) >= 11 is 0. The maximum Gasteiger partial charge on any atom is 0.137 e. The molecule has 15 heterocycles. The van der Waals surface area contributed by atoms with Crippen LogP contribution < -0.4 is 0 Å². The monoisotopic (exact) mass is 1500 g/mol. The molecule has 117 heavy (non-hydrogen) atoms. The van der Waals surface area contributed by atoms with Crippen LogP contribution in [0.5, 0.6) is 0 Å². The molecule has 0 bridgehead atoms. The van der Waals surface area contributed by atoms with Gasteiger partial charge in [-0.3, -0.25) is 28.2 Å². The first kappa shape index (κ1) is 69.9. The minimum atomic E-state index is 0.828. The van der Waals surface area contributed by atoms with Crippen molar-refractivity contribution in [1.29, 1.82) is 0 Å². The van der Waals surface area contributed by atoms with Crippen LogP contribution in [0, 0.1) is 0 Å². The van der Waals surface area contributed by atoms with Crippen LogP contribution >= 0.6 is 0 Å². The van der Waals surface area contributed by atoms with Crippen molar-refractivity contribution in [3.05, 3.63) is 407 Å². The second-order valence-electron chi connectivity index (χ2n) is 28.1. The molecule has 0 aliphatic heterocycles. The van der Waals surface area contributed by atoms with E-state index in [4.69, 9.17) is 44.9 Å². The Morgan fingerprint density at radius 3 is 1.26 bits per heavy atom. The molecule has 0 spiro atoms. The third-order valence-electron chi connectivity index (χ3n) is 20.9. The van der Waals surface area contributed by atoms with Crippen molar-refractivity contribution in [3.8, 4) is 101 Å². The SMILES string of the molecule is C=C/C(=C\C=C\c1cccc(-c2nc3ccccc3c3nc4ccccn4c23)c1)c1cccc(-c2ccccn2)n1.c1cc(-c2cccc(-c3ccncc3)n2)cc(-c2nc3ccccc3c3nc4ccccn4c23)c1.c1cncc(-c2cccc(-c3ccc(-c4cccc(-c5nc6ccccc6c6nc7ccccn7c56)c4)cc3)n2)c1. The molecule has 0 atom stereocenters. The first-order valence-corrected chi connectivity index (χ1v) is 38.5. The Labute approximate surface area is 671 Å². The topological polar surface area (TPSA) is 168 Å². The minimum absolute atomic E-state index is 0.828. The van der Waals surface area contributed by atoms with Gasteiger partial charge in [0.1, 0.15) is 33.5 Å². The van der Waals surface area contributed by atoms with Crippen LogP contribution in [-0.4, -0.2) is 73.0 Å². The molecule has 22 rings (SSSR count). The Morgan fingerprint density at radius 1 is 0.282 bits per heavy atom. The average Bonchev–Trinajstić information content (AvgIpc) is 1.62. The van der Waals surface area contributed by atoms with Gasteiger partial charge in [-0.05, 0) is 168 Å². The first-order chi connectivity index (χ1) is 57.9. The molecule has 15 nitrogen and oxygen atoms in total. The summed E-state index contributed by atoms with van der Waals surface area (Å²) in [5, 5.41) is 3.16. The number of hydrogen-bond donors (Lipinski definition) is 0. The number of hydrogen-bond acceptors (Lipinski definition) is 12. The van der Waals surface area contributed by atoms with E-state index >= 15 is 0 Å². The molecule has 0 amide bonds. The number of para-hydroxylation sites is 3. The molecule has 0 aliphatic rings. The Hall–Kier alpha value is -16.3. The van der Waals surface area contributed by atoms with E-state index < -0.39 is 0 Å². The number of allylic oxidation sites excluding steroid dienone is 4. The summed E-state index contributed by atoms with van der Waals surface area (Å²) in [4.78, 5) is 57.7. The molecule has 0 saturated heterocycles. The predicted molar refractivity (Wildman–Crippen MR) is 473 cm³/mol. The van der Waals surface area contributed by atoms with Crippen LogP contribution in [0.4, 0.5) is 0 Å². The van der Waals surface area contributed by atoms with Crippen LogP contribution in [0.3, 0.4) is 0 Å². The van der Waals surface area contributed by atoms with E-state index in [1.165, 1.54) is 0 Å². The van der Waals surface area contributed by atoms with Gasteiger partial charge in [0.15, 0.2) is 0 Å². The number of imidazole rings is 3. The zero-order chi connectivity index (χ0) is 78.0. The molecule has 550 valence electrons. The Kier molecular flexibility index (Phi) is 18.4. The number of benzene rings is 7. The van der Waals surface area contributed by atoms with Gasteiger partial charge < -0.3 is 0 Å². The molecule has 0 unspecified atom stereocenters. The molecular formula is C102H67N15. The fourth-order valence-corrected chi connectivity index (χ4v) is 15.3. The van der Waals surface area contributed by atoms with Crippen molar-refractivity contribution in [2.75, 3.05) is 0 Å². The van der Waals surface area contributed by atoms with Gasteiger partial charge >= 0.3 is 0 Å². The number of fused-ring (bicyclic) bond motifs is 15. The molecular weight excluding hydrogens is 1440 g/mol. The minimum Gasteiger partial charge on any atom is -0.298 e. The van der Waals surface area contributed by atoms with Crippen LogP contribution in [0.15, 0.2) is 396 Å². The summed E-state index contributed by atoms with van der Waals surface area (Å²) < 4.78 is 6.38. The largest absolute Gasteiger partial charge is 0.298 e. The highest BCUT2D eigenvalue weighted by Gasteiger charge is 2.21. The number of rotatable bonds is 13. The highest BCUT2D eigenvalue weighted by atomic mass is 15.0. The van der Waals surface area contributed by atoms with Crippen molar-refractivity contribution >= 4 is 94.4 Å². The summed E-state index contributed by atoms with van der Waals surface area (Å²) in [6.07, 6.45) is 23.1. The lowest BCUT2D eigenvalue weighted by molar-refractivity contribution is 1.22. The molecule has 0 aliphatic carbocycles. The summed E-state index contributed by atoms with van der Waals surface area (Å²) in [5.74, 6) is 0. The van der Waals surface area contributed by atoms with E-state index in [0.717, 1.165) is 201 Å². The number of nitrogens with zero attached hydrogens (tertiary/aromatic N) is 15. The summed E-state index contributed by atoms with van der Waals surface area (Å²) in [7, 11) is 0. The molecule has 15 aromatic heterocycles. The van der Waals surface area contributed by atoms with Crippen molar-refractivity contribution < 1.29 is 0 Å². The lowest BCUT2D eigenvalue weighted by Gasteiger charge is -2.10. The fourth-order valence-electron chi connectivity index (χ4n) is 15.3. The summed E-state index contributed by atoms with van der Waals surface area (Å²) in [6.45, 7) is 4.02. The zero-order valence-electron chi connectivity index (χ0n) is 62.9. The van der Waals surface area contributed by atoms with E-state index in [2.05, 4.69) is 168 Å². The van der Waals surface area contributed by atoms with Crippen LogP contribution in [0.25, 0.3) is 196 Å². The molecule has 15 heteroatoms. The first-order valence-electron chi connectivity index (χ1n) is 38.5. The zero-order valence-corrected chi connectivity index (χ0v) is 62.9. The van der Waals surface area contributed by atoms with Gasteiger partial charge in [-0.1, -0.05) is 207 Å². The van der Waals surface area contributed by atoms with E-state index in [0.29, 0.717) is 0 Å². The van der Waals surface area contributed by atoms with E-state index in [1.807, 2.05) is 237 Å².